The van der Waals surface area contributed by atoms with E-state index in [1.165, 1.54) is 0 Å². The molecule has 1 heterocycles. The van der Waals surface area contributed by atoms with Gasteiger partial charge in [0.15, 0.2) is 5.78 Å². The highest BCUT2D eigenvalue weighted by molar-refractivity contribution is 9.10. The summed E-state index contributed by atoms with van der Waals surface area (Å²) >= 11 is 6.85. The summed E-state index contributed by atoms with van der Waals surface area (Å²) in [6.45, 7) is 8.13. The highest BCUT2D eigenvalue weighted by Crippen LogP contribution is 2.34. The second-order valence-electron chi connectivity index (χ2n) is 4.70. The van der Waals surface area contributed by atoms with Crippen LogP contribution >= 0.6 is 31.9 Å². The Bertz CT molecular complexity index is 216. The summed E-state index contributed by atoms with van der Waals surface area (Å²) < 4.78 is 0. The molecule has 2 atom stereocenters. The van der Waals surface area contributed by atoms with Crippen LogP contribution in [-0.2, 0) is 4.79 Å². The van der Waals surface area contributed by atoms with Gasteiger partial charge in [0.05, 0.1) is 9.65 Å². The molecule has 0 aromatic rings. The van der Waals surface area contributed by atoms with Crippen molar-refractivity contribution in [1.29, 1.82) is 0 Å². The minimum atomic E-state index is -0.190. The Morgan fingerprint density at radius 2 is 1.38 bits per heavy atom. The van der Waals surface area contributed by atoms with Gasteiger partial charge in [0.1, 0.15) is 0 Å². The summed E-state index contributed by atoms with van der Waals surface area (Å²) in [5.41, 5.74) is -0.379. The number of carbonyl (C=O) groups excluding carboxylic acids is 1. The molecule has 0 amide bonds. The van der Waals surface area contributed by atoms with Crippen LogP contribution in [0, 0.1) is 0 Å². The molecule has 0 aliphatic carbocycles. The average Bonchev–Trinajstić information content (AvgIpc) is 1.96. The number of nitrogens with one attached hydrogen (secondary N) is 1. The van der Waals surface area contributed by atoms with Crippen LogP contribution in [0.4, 0.5) is 0 Å². The minimum absolute atomic E-state index is 0.127. The summed E-state index contributed by atoms with van der Waals surface area (Å²) in [6.07, 6.45) is 0. The van der Waals surface area contributed by atoms with Gasteiger partial charge < -0.3 is 5.32 Å². The zero-order chi connectivity index (χ0) is 10.4. The van der Waals surface area contributed by atoms with Gasteiger partial charge in [-0.05, 0) is 27.7 Å². The molecule has 2 nitrogen and oxygen atoms in total. The SMILES string of the molecule is CC1(C)NC(C)(C)[C@@H](Br)C(=O)[C@H]1Br. The molecular weight excluding hydrogens is 298 g/mol. The number of hydrogen-bond donors (Lipinski definition) is 1. The minimum Gasteiger partial charge on any atom is -0.304 e. The van der Waals surface area contributed by atoms with Crippen molar-refractivity contribution in [3.63, 3.8) is 0 Å². The van der Waals surface area contributed by atoms with Crippen LogP contribution < -0.4 is 5.32 Å². The van der Waals surface area contributed by atoms with Crippen molar-refractivity contribution in [2.45, 2.75) is 48.4 Å². The lowest BCUT2D eigenvalue weighted by Crippen LogP contribution is -2.69. The molecule has 1 N–H and O–H groups in total. The maximum Gasteiger partial charge on any atom is 0.163 e. The molecule has 0 bridgehead atoms. The number of rotatable bonds is 0. The van der Waals surface area contributed by atoms with Gasteiger partial charge in [-0.25, -0.2) is 0 Å². The largest absolute Gasteiger partial charge is 0.304 e. The van der Waals surface area contributed by atoms with Gasteiger partial charge in [0.2, 0.25) is 0 Å². The Balaban J connectivity index is 3.00. The summed E-state index contributed by atoms with van der Waals surface area (Å²) in [4.78, 5) is 11.6. The van der Waals surface area contributed by atoms with Gasteiger partial charge in [0, 0.05) is 11.1 Å². The zero-order valence-corrected chi connectivity index (χ0v) is 11.5. The third kappa shape index (κ3) is 2.00. The second kappa shape index (κ2) is 3.31. The molecule has 1 saturated heterocycles. The van der Waals surface area contributed by atoms with Crippen molar-refractivity contribution in [3.8, 4) is 0 Å². The number of hydrogen-bond acceptors (Lipinski definition) is 2. The summed E-state index contributed by atoms with van der Waals surface area (Å²) in [5, 5.41) is 3.45. The molecule has 0 aromatic carbocycles. The molecule has 1 aliphatic heterocycles. The smallest absolute Gasteiger partial charge is 0.163 e. The van der Waals surface area contributed by atoms with Gasteiger partial charge in [-0.15, -0.1) is 0 Å². The van der Waals surface area contributed by atoms with E-state index >= 15 is 0 Å². The third-order valence-corrected chi connectivity index (χ3v) is 5.60. The van der Waals surface area contributed by atoms with E-state index in [1.807, 2.05) is 27.7 Å². The standard InChI is InChI=1S/C9H15Br2NO/c1-8(2)6(10)5(13)7(11)9(3,4)12-8/h6-7,12H,1-4H3/t6-,7+. The topological polar surface area (TPSA) is 29.1 Å². The lowest BCUT2D eigenvalue weighted by molar-refractivity contribution is -0.122. The monoisotopic (exact) mass is 311 g/mol. The predicted octanol–water partition coefficient (Wildman–Crippen LogP) is 2.24. The summed E-state index contributed by atoms with van der Waals surface area (Å²) in [6, 6.07) is 0. The maximum atomic E-state index is 11.8. The first-order valence-corrected chi connectivity index (χ1v) is 6.13. The number of Topliss-reactive ketones (excluding diaryl/α,β-unsaturated/α-hetero) is 1. The van der Waals surface area contributed by atoms with Crippen LogP contribution in [0.3, 0.4) is 0 Å². The normalized spacial score (nSPS) is 37.5. The van der Waals surface area contributed by atoms with Crippen LogP contribution in [0.2, 0.25) is 0 Å². The molecule has 1 aliphatic rings. The van der Waals surface area contributed by atoms with E-state index in [4.69, 9.17) is 0 Å². The van der Waals surface area contributed by atoms with Crippen LogP contribution in [0.1, 0.15) is 27.7 Å². The van der Waals surface area contributed by atoms with Gasteiger partial charge in [-0.1, -0.05) is 31.9 Å². The van der Waals surface area contributed by atoms with Crippen LogP contribution in [-0.4, -0.2) is 26.5 Å². The number of carbonyl (C=O) groups is 1. The lowest BCUT2D eigenvalue weighted by atomic mass is 9.82. The van der Waals surface area contributed by atoms with Crippen molar-refractivity contribution < 1.29 is 4.79 Å². The molecule has 76 valence electrons. The Kier molecular flexibility index (Phi) is 2.97. The van der Waals surface area contributed by atoms with E-state index in [-0.39, 0.29) is 26.5 Å². The molecule has 0 saturated carbocycles. The molecule has 1 fully saturated rings. The summed E-state index contributed by atoms with van der Waals surface area (Å²) in [5.74, 6) is 0.216. The Labute approximate surface area is 96.1 Å². The zero-order valence-electron chi connectivity index (χ0n) is 8.32. The fourth-order valence-electron chi connectivity index (χ4n) is 1.80. The van der Waals surface area contributed by atoms with E-state index in [0.29, 0.717) is 0 Å². The molecule has 13 heavy (non-hydrogen) atoms. The van der Waals surface area contributed by atoms with Crippen molar-refractivity contribution in [1.82, 2.24) is 5.32 Å². The van der Waals surface area contributed by atoms with Crippen molar-refractivity contribution in [2.24, 2.45) is 0 Å². The fraction of sp³-hybridized carbons (Fsp3) is 0.889. The van der Waals surface area contributed by atoms with Gasteiger partial charge in [0.25, 0.3) is 0 Å². The van der Waals surface area contributed by atoms with E-state index in [9.17, 15) is 4.79 Å². The average molecular weight is 313 g/mol. The molecule has 1 rings (SSSR count). The van der Waals surface area contributed by atoms with E-state index < -0.39 is 0 Å². The summed E-state index contributed by atoms with van der Waals surface area (Å²) in [7, 11) is 0. The Morgan fingerprint density at radius 1 is 1.08 bits per heavy atom. The van der Waals surface area contributed by atoms with E-state index in [2.05, 4.69) is 37.2 Å². The molecule has 0 aromatic heterocycles. The molecule has 4 heteroatoms. The molecule has 0 unspecified atom stereocenters. The maximum absolute atomic E-state index is 11.8. The number of halogens is 2. The highest BCUT2D eigenvalue weighted by atomic mass is 79.9. The number of ketones is 1. The quantitative estimate of drug-likeness (QED) is 0.695. The van der Waals surface area contributed by atoms with Crippen LogP contribution in [0.5, 0.6) is 0 Å². The van der Waals surface area contributed by atoms with Crippen molar-refractivity contribution in [2.75, 3.05) is 0 Å². The van der Waals surface area contributed by atoms with Crippen molar-refractivity contribution in [3.05, 3.63) is 0 Å². The first kappa shape index (κ1) is 11.7. The van der Waals surface area contributed by atoms with E-state index in [1.54, 1.807) is 0 Å². The van der Waals surface area contributed by atoms with Crippen LogP contribution in [0.15, 0.2) is 0 Å². The number of alkyl halides is 2. The van der Waals surface area contributed by atoms with Crippen molar-refractivity contribution >= 4 is 37.6 Å². The first-order chi connectivity index (χ1) is 5.68. The van der Waals surface area contributed by atoms with Gasteiger partial charge >= 0.3 is 0 Å². The fourth-order valence-corrected chi connectivity index (χ4v) is 2.91. The number of piperidine rings is 1. The van der Waals surface area contributed by atoms with Crippen LogP contribution in [0.25, 0.3) is 0 Å². The van der Waals surface area contributed by atoms with E-state index in [0.717, 1.165) is 0 Å². The second-order valence-corrected chi connectivity index (χ2v) is 6.53. The molecule has 0 radical (unpaired) electrons. The van der Waals surface area contributed by atoms with Gasteiger partial charge in [-0.3, -0.25) is 4.79 Å². The predicted molar refractivity (Wildman–Crippen MR) is 61.7 cm³/mol. The molecular formula is C9H15Br2NO. The first-order valence-electron chi connectivity index (χ1n) is 4.30. The Hall–Kier alpha value is 0.590. The van der Waals surface area contributed by atoms with Gasteiger partial charge in [-0.2, -0.15) is 0 Å². The molecule has 0 spiro atoms. The lowest BCUT2D eigenvalue weighted by Gasteiger charge is -2.47. The highest BCUT2D eigenvalue weighted by Gasteiger charge is 2.49. The third-order valence-electron chi connectivity index (χ3n) is 2.41. The Morgan fingerprint density at radius 3 is 1.69 bits per heavy atom.